The molecule has 1 aliphatic rings. The molecule has 1 saturated carbocycles. The number of carbonyl (C=O) groups is 1. The van der Waals surface area contributed by atoms with Crippen molar-refractivity contribution in [3.05, 3.63) is 0 Å². The minimum absolute atomic E-state index is 0.171. The molecule has 0 aromatic rings. The lowest BCUT2D eigenvalue weighted by Gasteiger charge is -2.30. The van der Waals surface area contributed by atoms with Crippen molar-refractivity contribution in [1.82, 2.24) is 5.32 Å². The molecule has 0 radical (unpaired) electrons. The lowest BCUT2D eigenvalue weighted by atomic mass is 9.98. The molecule has 1 fully saturated rings. The number of carbonyl (C=O) groups excluding carboxylic acids is 1. The maximum atomic E-state index is 12.0. The molecule has 0 heterocycles. The van der Waals surface area contributed by atoms with E-state index in [2.05, 4.69) is 5.32 Å². The van der Waals surface area contributed by atoms with Gasteiger partial charge in [-0.3, -0.25) is 10.1 Å². The number of ether oxygens (including phenoxy) is 2. The molecule has 4 heteroatoms. The highest BCUT2D eigenvalue weighted by Gasteiger charge is 2.39. The first kappa shape index (κ1) is 15.4. The van der Waals surface area contributed by atoms with E-state index >= 15 is 0 Å². The first-order valence-electron chi connectivity index (χ1n) is 6.86. The van der Waals surface area contributed by atoms with Crippen LogP contribution < -0.4 is 5.32 Å². The second-order valence-electron chi connectivity index (χ2n) is 6.18. The summed E-state index contributed by atoms with van der Waals surface area (Å²) >= 11 is 0. The molecule has 1 rings (SSSR count). The molecule has 0 aromatic carbocycles. The summed E-state index contributed by atoms with van der Waals surface area (Å²) < 4.78 is 10.9. The molecule has 0 saturated heterocycles. The van der Waals surface area contributed by atoms with Crippen LogP contribution in [0.5, 0.6) is 0 Å². The minimum atomic E-state index is -0.623. The zero-order valence-electron chi connectivity index (χ0n) is 12.3. The second kappa shape index (κ2) is 6.02. The highest BCUT2D eigenvalue weighted by molar-refractivity contribution is 5.80. The van der Waals surface area contributed by atoms with E-state index in [4.69, 9.17) is 9.47 Å². The zero-order chi connectivity index (χ0) is 13.8. The summed E-state index contributed by atoms with van der Waals surface area (Å²) in [7, 11) is 0. The van der Waals surface area contributed by atoms with Crippen molar-refractivity contribution < 1.29 is 14.3 Å². The van der Waals surface area contributed by atoms with E-state index in [0.29, 0.717) is 25.7 Å². The van der Waals surface area contributed by atoms with Crippen molar-refractivity contribution >= 4 is 5.97 Å². The van der Waals surface area contributed by atoms with Gasteiger partial charge in [0.1, 0.15) is 5.54 Å². The van der Waals surface area contributed by atoms with Gasteiger partial charge in [-0.2, -0.15) is 0 Å². The van der Waals surface area contributed by atoms with Crippen molar-refractivity contribution in [3.8, 4) is 0 Å². The van der Waals surface area contributed by atoms with Gasteiger partial charge in [-0.05, 0) is 53.9 Å². The van der Waals surface area contributed by atoms with Gasteiger partial charge in [-0.1, -0.05) is 0 Å². The number of hydrogen-bond acceptors (Lipinski definition) is 4. The Labute approximate surface area is 110 Å². The summed E-state index contributed by atoms with van der Waals surface area (Å²) in [5.41, 5.74) is -0.794. The summed E-state index contributed by atoms with van der Waals surface area (Å²) in [6, 6.07) is 0.467. The molecule has 1 aliphatic carbocycles. The Morgan fingerprint density at radius 2 is 1.89 bits per heavy atom. The van der Waals surface area contributed by atoms with E-state index in [0.717, 1.165) is 12.8 Å². The van der Waals surface area contributed by atoms with Crippen LogP contribution in [0.15, 0.2) is 0 Å². The van der Waals surface area contributed by atoms with E-state index in [9.17, 15) is 4.79 Å². The average molecular weight is 257 g/mol. The van der Waals surface area contributed by atoms with Gasteiger partial charge in [-0.15, -0.1) is 0 Å². The fourth-order valence-corrected chi connectivity index (χ4v) is 1.76. The smallest absolute Gasteiger partial charge is 0.326 e. The molecule has 0 amide bonds. The maximum Gasteiger partial charge on any atom is 0.326 e. The Morgan fingerprint density at radius 3 is 2.33 bits per heavy atom. The third kappa shape index (κ3) is 5.36. The number of rotatable bonds is 7. The molecule has 1 unspecified atom stereocenters. The molecule has 18 heavy (non-hydrogen) atoms. The number of hydrogen-bond donors (Lipinski definition) is 1. The maximum absolute atomic E-state index is 12.0. The van der Waals surface area contributed by atoms with Gasteiger partial charge in [0, 0.05) is 12.6 Å². The van der Waals surface area contributed by atoms with Crippen molar-refractivity contribution in [3.63, 3.8) is 0 Å². The van der Waals surface area contributed by atoms with E-state index < -0.39 is 5.54 Å². The fourth-order valence-electron chi connectivity index (χ4n) is 1.76. The predicted molar refractivity (Wildman–Crippen MR) is 71.5 cm³/mol. The van der Waals surface area contributed by atoms with E-state index in [1.54, 1.807) is 0 Å². The summed E-state index contributed by atoms with van der Waals surface area (Å²) in [5, 5.41) is 3.38. The third-order valence-corrected chi connectivity index (χ3v) is 2.96. The highest BCUT2D eigenvalue weighted by Crippen LogP contribution is 2.25. The fraction of sp³-hybridized carbons (Fsp3) is 0.929. The SMILES string of the molecule is CCOC(=O)C(C)(CCOC(C)(C)C)NC1CC1. The van der Waals surface area contributed by atoms with Crippen LogP contribution in [0.25, 0.3) is 0 Å². The summed E-state index contributed by atoms with van der Waals surface area (Å²) in [5.74, 6) is -0.172. The molecule has 4 nitrogen and oxygen atoms in total. The van der Waals surface area contributed by atoms with Gasteiger partial charge in [0.05, 0.1) is 12.2 Å². The number of nitrogens with one attached hydrogen (secondary N) is 1. The van der Waals surface area contributed by atoms with Crippen LogP contribution >= 0.6 is 0 Å². The summed E-state index contributed by atoms with van der Waals surface area (Å²) in [6.07, 6.45) is 2.93. The molecule has 0 aromatic heterocycles. The molecule has 0 aliphatic heterocycles. The first-order valence-corrected chi connectivity index (χ1v) is 6.86. The van der Waals surface area contributed by atoms with Gasteiger partial charge >= 0.3 is 5.97 Å². The monoisotopic (exact) mass is 257 g/mol. The van der Waals surface area contributed by atoms with Crippen LogP contribution in [0.4, 0.5) is 0 Å². The van der Waals surface area contributed by atoms with Gasteiger partial charge in [0.15, 0.2) is 0 Å². The van der Waals surface area contributed by atoms with Crippen molar-refractivity contribution in [2.24, 2.45) is 0 Å². The van der Waals surface area contributed by atoms with Gasteiger partial charge < -0.3 is 9.47 Å². The lowest BCUT2D eigenvalue weighted by molar-refractivity contribution is -0.152. The molecule has 0 spiro atoms. The Balaban J connectivity index is 2.50. The van der Waals surface area contributed by atoms with Gasteiger partial charge in [0.25, 0.3) is 0 Å². The van der Waals surface area contributed by atoms with Crippen molar-refractivity contribution in [2.45, 2.75) is 71.1 Å². The normalized spacial score (nSPS) is 19.4. The van der Waals surface area contributed by atoms with Gasteiger partial charge in [-0.25, -0.2) is 0 Å². The molecule has 1 atom stereocenters. The quantitative estimate of drug-likeness (QED) is 0.711. The standard InChI is InChI=1S/C14H27NO3/c1-6-17-12(16)14(5,15-11-7-8-11)9-10-18-13(2,3)4/h11,15H,6-10H2,1-5H3. The Hall–Kier alpha value is -0.610. The van der Waals surface area contributed by atoms with Crippen LogP contribution in [0.2, 0.25) is 0 Å². The molecule has 0 bridgehead atoms. The van der Waals surface area contributed by atoms with Crippen molar-refractivity contribution in [2.75, 3.05) is 13.2 Å². The lowest BCUT2D eigenvalue weighted by Crippen LogP contribution is -2.52. The van der Waals surface area contributed by atoms with Gasteiger partial charge in [0.2, 0.25) is 0 Å². The third-order valence-electron chi connectivity index (χ3n) is 2.96. The zero-order valence-corrected chi connectivity index (χ0v) is 12.3. The van der Waals surface area contributed by atoms with E-state index in [-0.39, 0.29) is 11.6 Å². The molecule has 106 valence electrons. The van der Waals surface area contributed by atoms with Crippen LogP contribution in [0, 0.1) is 0 Å². The van der Waals surface area contributed by atoms with Crippen LogP contribution in [0.1, 0.15) is 53.9 Å². The Kier molecular flexibility index (Phi) is 5.17. The van der Waals surface area contributed by atoms with Crippen molar-refractivity contribution in [1.29, 1.82) is 0 Å². The summed E-state index contributed by atoms with van der Waals surface area (Å²) in [4.78, 5) is 12.0. The van der Waals surface area contributed by atoms with Crippen LogP contribution in [0.3, 0.4) is 0 Å². The molecular weight excluding hydrogens is 230 g/mol. The molecular formula is C14H27NO3. The average Bonchev–Trinajstić information content (AvgIpc) is 2.99. The minimum Gasteiger partial charge on any atom is -0.465 e. The summed E-state index contributed by atoms with van der Waals surface area (Å²) in [6.45, 7) is 10.8. The Morgan fingerprint density at radius 1 is 1.28 bits per heavy atom. The molecule has 1 N–H and O–H groups in total. The van der Waals surface area contributed by atoms with E-state index in [1.807, 2.05) is 34.6 Å². The first-order chi connectivity index (χ1) is 8.27. The highest BCUT2D eigenvalue weighted by atomic mass is 16.5. The van der Waals surface area contributed by atoms with Crippen LogP contribution in [-0.4, -0.2) is 36.4 Å². The van der Waals surface area contributed by atoms with Crippen LogP contribution in [-0.2, 0) is 14.3 Å². The topological polar surface area (TPSA) is 47.6 Å². The Bertz CT molecular complexity index is 281. The predicted octanol–water partition coefficient (Wildman–Crippen LogP) is 2.27. The largest absolute Gasteiger partial charge is 0.465 e. The second-order valence-corrected chi connectivity index (χ2v) is 6.18. The number of esters is 1. The van der Waals surface area contributed by atoms with E-state index in [1.165, 1.54) is 0 Å².